The summed E-state index contributed by atoms with van der Waals surface area (Å²) in [7, 11) is -1.79. The zero-order valence-corrected chi connectivity index (χ0v) is 24.5. The molecule has 3 aromatic carbocycles. The van der Waals surface area contributed by atoms with Gasteiger partial charge in [-0.3, -0.25) is 0 Å². The minimum atomic E-state index is -1.79. The highest BCUT2D eigenvalue weighted by Gasteiger charge is 2.16. The number of benzene rings is 3. The highest BCUT2D eigenvalue weighted by atomic mass is 35.5. The number of ether oxygens (including phenoxy) is 3. The smallest absolute Gasteiger partial charge is 0.333 e. The molecule has 13 heteroatoms. The molecule has 0 N–H and O–H groups in total. The molecule has 0 radical (unpaired) electrons. The number of halogens is 6. The van der Waals surface area contributed by atoms with Gasteiger partial charge in [-0.25, -0.2) is 0 Å². The van der Waals surface area contributed by atoms with E-state index >= 15 is 0 Å². The molecule has 3 rings (SSSR count). The quantitative estimate of drug-likeness (QED) is 0.121. The molecule has 200 valence electrons. The Bertz CT molecular complexity index is 952. The summed E-state index contributed by atoms with van der Waals surface area (Å²) in [6.07, 6.45) is 0. The summed E-state index contributed by atoms with van der Waals surface area (Å²) in [6, 6.07) is 15.3. The molecule has 0 saturated heterocycles. The van der Waals surface area contributed by atoms with Crippen molar-refractivity contribution in [3.63, 3.8) is 0 Å². The van der Waals surface area contributed by atoms with E-state index in [-0.39, 0.29) is 39.6 Å². The zero-order valence-electron chi connectivity index (χ0n) is 19.1. The molecular formula is C24H21Cl6O6P. The standard InChI is InChI=1S/C24H21Cl6O6P/c25-16-4-1-5-17(26)22(16)31-10-13-34-37(35-14-11-32-23-18(27)6-2-7-19(23)28)36-15-12-33-24-20(29)8-3-9-21(24)30/h1-9H,10-15H2. The van der Waals surface area contributed by atoms with Crippen LogP contribution in [-0.2, 0) is 13.6 Å². The van der Waals surface area contributed by atoms with Crippen LogP contribution in [0.3, 0.4) is 0 Å². The predicted molar refractivity (Wildman–Crippen MR) is 151 cm³/mol. The van der Waals surface area contributed by atoms with Crippen LogP contribution in [-0.4, -0.2) is 39.6 Å². The third kappa shape index (κ3) is 9.98. The Kier molecular flexibility index (Phi) is 13.5. The number of hydrogen-bond donors (Lipinski definition) is 0. The second-order valence-electron chi connectivity index (χ2n) is 6.92. The van der Waals surface area contributed by atoms with E-state index in [0.29, 0.717) is 47.4 Å². The fourth-order valence-corrected chi connectivity index (χ4v) is 5.15. The molecule has 37 heavy (non-hydrogen) atoms. The van der Waals surface area contributed by atoms with Gasteiger partial charge in [0, 0.05) is 0 Å². The molecule has 0 aromatic heterocycles. The molecule has 0 spiro atoms. The summed E-state index contributed by atoms with van der Waals surface area (Å²) in [5, 5.41) is 2.38. The van der Waals surface area contributed by atoms with Crippen molar-refractivity contribution in [3.05, 3.63) is 84.7 Å². The Morgan fingerprint density at radius 1 is 0.405 bits per heavy atom. The Morgan fingerprint density at radius 3 is 0.892 bits per heavy atom. The van der Waals surface area contributed by atoms with Crippen molar-refractivity contribution in [2.75, 3.05) is 39.6 Å². The summed E-state index contributed by atoms with van der Waals surface area (Å²) in [4.78, 5) is 0. The SMILES string of the molecule is Clc1cccc(Cl)c1OCCOP(OCCOc1c(Cl)cccc1Cl)OCCOc1c(Cl)cccc1Cl. The summed E-state index contributed by atoms with van der Waals surface area (Å²) in [5.74, 6) is 1.11. The van der Waals surface area contributed by atoms with Crippen LogP contribution in [0.25, 0.3) is 0 Å². The van der Waals surface area contributed by atoms with Crippen molar-refractivity contribution in [3.8, 4) is 17.2 Å². The maximum atomic E-state index is 6.12. The molecule has 6 nitrogen and oxygen atoms in total. The molecule has 0 aliphatic rings. The Hall–Kier alpha value is -0.890. The van der Waals surface area contributed by atoms with Crippen molar-refractivity contribution in [1.82, 2.24) is 0 Å². The third-order valence-electron chi connectivity index (χ3n) is 4.34. The molecule has 0 aliphatic heterocycles. The van der Waals surface area contributed by atoms with Crippen LogP contribution in [0.5, 0.6) is 17.2 Å². The van der Waals surface area contributed by atoms with Crippen LogP contribution in [0, 0.1) is 0 Å². The molecule has 0 atom stereocenters. The fraction of sp³-hybridized carbons (Fsp3) is 0.250. The van der Waals surface area contributed by atoms with Gasteiger partial charge in [-0.15, -0.1) is 0 Å². The van der Waals surface area contributed by atoms with Crippen molar-refractivity contribution in [2.24, 2.45) is 0 Å². The first-order chi connectivity index (χ1) is 17.9. The first-order valence-electron chi connectivity index (χ1n) is 10.8. The molecule has 0 fully saturated rings. The van der Waals surface area contributed by atoms with E-state index in [1.54, 1.807) is 54.6 Å². The second-order valence-corrected chi connectivity index (χ2v) is 10.6. The lowest BCUT2D eigenvalue weighted by atomic mass is 10.3. The van der Waals surface area contributed by atoms with Crippen molar-refractivity contribution < 1.29 is 27.8 Å². The van der Waals surface area contributed by atoms with Crippen LogP contribution in [0.4, 0.5) is 0 Å². The minimum absolute atomic E-state index is 0.141. The zero-order chi connectivity index (χ0) is 26.6. The van der Waals surface area contributed by atoms with Crippen LogP contribution in [0.15, 0.2) is 54.6 Å². The van der Waals surface area contributed by atoms with Crippen molar-refractivity contribution in [2.45, 2.75) is 0 Å². The van der Waals surface area contributed by atoms with Gasteiger partial charge in [-0.2, -0.15) is 0 Å². The lowest BCUT2D eigenvalue weighted by molar-refractivity contribution is 0.115. The molecule has 0 bridgehead atoms. The van der Waals surface area contributed by atoms with Crippen LogP contribution in [0.2, 0.25) is 30.1 Å². The maximum absolute atomic E-state index is 6.12. The Balaban J connectivity index is 1.48. The normalized spacial score (nSPS) is 11.1. The molecule has 3 aromatic rings. The van der Waals surface area contributed by atoms with Gasteiger partial charge in [-0.05, 0) is 36.4 Å². The first kappa shape index (κ1) is 30.6. The van der Waals surface area contributed by atoms with Gasteiger partial charge < -0.3 is 27.8 Å². The first-order valence-corrected chi connectivity index (χ1v) is 14.1. The van der Waals surface area contributed by atoms with Gasteiger partial charge in [0.05, 0.1) is 50.0 Å². The average molecular weight is 649 g/mol. The molecule has 0 aliphatic carbocycles. The van der Waals surface area contributed by atoms with E-state index in [2.05, 4.69) is 0 Å². The summed E-state index contributed by atoms with van der Waals surface area (Å²) in [5.41, 5.74) is 0. The summed E-state index contributed by atoms with van der Waals surface area (Å²) in [6.45, 7) is 0.899. The number of para-hydroxylation sites is 3. The number of rotatable bonds is 15. The minimum Gasteiger partial charge on any atom is -0.488 e. The van der Waals surface area contributed by atoms with Gasteiger partial charge in [0.1, 0.15) is 19.8 Å². The summed E-state index contributed by atoms with van der Waals surface area (Å²) >= 11 is 36.7. The lowest BCUT2D eigenvalue weighted by Crippen LogP contribution is -2.12. The lowest BCUT2D eigenvalue weighted by Gasteiger charge is -2.18. The molecule has 0 saturated carbocycles. The average Bonchev–Trinajstić information content (AvgIpc) is 2.86. The van der Waals surface area contributed by atoms with Gasteiger partial charge in [0.2, 0.25) is 0 Å². The summed E-state index contributed by atoms with van der Waals surface area (Å²) < 4.78 is 34.1. The third-order valence-corrected chi connectivity index (χ3v) is 7.30. The molecule has 0 unspecified atom stereocenters. The highest BCUT2D eigenvalue weighted by Crippen LogP contribution is 2.40. The maximum Gasteiger partial charge on any atom is 0.333 e. The topological polar surface area (TPSA) is 55.4 Å². The van der Waals surface area contributed by atoms with Gasteiger partial charge >= 0.3 is 8.60 Å². The fourth-order valence-electron chi connectivity index (χ4n) is 2.74. The largest absolute Gasteiger partial charge is 0.488 e. The Morgan fingerprint density at radius 2 is 0.649 bits per heavy atom. The van der Waals surface area contributed by atoms with E-state index in [0.717, 1.165) is 0 Å². The number of hydrogen-bond acceptors (Lipinski definition) is 6. The van der Waals surface area contributed by atoms with Crippen LogP contribution >= 0.6 is 78.2 Å². The van der Waals surface area contributed by atoms with Crippen LogP contribution in [0.1, 0.15) is 0 Å². The van der Waals surface area contributed by atoms with E-state index < -0.39 is 8.60 Å². The van der Waals surface area contributed by atoms with Gasteiger partial charge in [0.25, 0.3) is 0 Å². The molecule has 0 heterocycles. The van der Waals surface area contributed by atoms with Crippen molar-refractivity contribution in [1.29, 1.82) is 0 Å². The predicted octanol–water partition coefficient (Wildman–Crippen LogP) is 9.42. The molecule has 0 amide bonds. The van der Waals surface area contributed by atoms with Crippen molar-refractivity contribution >= 4 is 78.2 Å². The monoisotopic (exact) mass is 646 g/mol. The molecular weight excluding hydrogens is 628 g/mol. The van der Waals surface area contributed by atoms with E-state index in [1.807, 2.05) is 0 Å². The Labute approximate surface area is 246 Å². The highest BCUT2D eigenvalue weighted by molar-refractivity contribution is 7.41. The van der Waals surface area contributed by atoms with E-state index in [1.165, 1.54) is 0 Å². The van der Waals surface area contributed by atoms with E-state index in [9.17, 15) is 0 Å². The second kappa shape index (κ2) is 16.3. The van der Waals surface area contributed by atoms with Gasteiger partial charge in [-0.1, -0.05) is 87.8 Å². The van der Waals surface area contributed by atoms with Gasteiger partial charge in [0.15, 0.2) is 17.2 Å². The van der Waals surface area contributed by atoms with Crippen LogP contribution < -0.4 is 14.2 Å². The van der Waals surface area contributed by atoms with E-state index in [4.69, 9.17) is 97.4 Å².